The molecular formula is C10H16S. The van der Waals surface area contributed by atoms with Gasteiger partial charge in [0.2, 0.25) is 0 Å². The minimum atomic E-state index is 0.625. The molecule has 0 fully saturated rings. The minimum Gasteiger partial charge on any atom is -0.0988 e. The molecule has 0 N–H and O–H groups in total. The molecule has 62 valence electrons. The van der Waals surface area contributed by atoms with E-state index in [4.69, 9.17) is 0 Å². The summed E-state index contributed by atoms with van der Waals surface area (Å²) >= 11 is 1.64. The van der Waals surface area contributed by atoms with Gasteiger partial charge in [0, 0.05) is 4.91 Å². The summed E-state index contributed by atoms with van der Waals surface area (Å²) in [6, 6.07) is 0. The zero-order valence-electron chi connectivity index (χ0n) is 7.55. The van der Waals surface area contributed by atoms with Crippen molar-refractivity contribution >= 4 is 11.8 Å². The quantitative estimate of drug-likeness (QED) is 0.572. The van der Waals surface area contributed by atoms with E-state index in [1.54, 1.807) is 17.8 Å². The third kappa shape index (κ3) is 4.91. The molecule has 0 aromatic rings. The van der Waals surface area contributed by atoms with Gasteiger partial charge in [-0.3, -0.25) is 0 Å². The molecule has 11 heavy (non-hydrogen) atoms. The second-order valence-electron chi connectivity index (χ2n) is 2.80. The number of hydrogen-bond donors (Lipinski definition) is 0. The maximum absolute atomic E-state index is 3.80. The Kier molecular flexibility index (Phi) is 5.05. The number of allylic oxidation sites excluding steroid dienone is 2. The van der Waals surface area contributed by atoms with Gasteiger partial charge in [-0.15, -0.1) is 0 Å². The van der Waals surface area contributed by atoms with Gasteiger partial charge in [0.1, 0.15) is 0 Å². The Bertz CT molecular complexity index is 175. The van der Waals surface area contributed by atoms with Crippen LogP contribution in [0, 0.1) is 5.92 Å². The van der Waals surface area contributed by atoms with E-state index in [0.29, 0.717) is 5.92 Å². The molecule has 0 aliphatic rings. The molecule has 0 rings (SSSR count). The Hall–Kier alpha value is -0.430. The average molecular weight is 168 g/mol. The van der Waals surface area contributed by atoms with Crippen LogP contribution in [0.25, 0.3) is 0 Å². The van der Waals surface area contributed by atoms with Crippen LogP contribution in [0.15, 0.2) is 35.1 Å². The molecule has 0 spiro atoms. The molecule has 0 aromatic heterocycles. The van der Waals surface area contributed by atoms with Crippen LogP contribution < -0.4 is 0 Å². The molecule has 0 bridgehead atoms. The van der Waals surface area contributed by atoms with Crippen molar-refractivity contribution in [1.82, 2.24) is 0 Å². The maximum Gasteiger partial charge on any atom is 0.00380 e. The monoisotopic (exact) mass is 168 g/mol. The third-order valence-corrected chi connectivity index (χ3v) is 2.49. The van der Waals surface area contributed by atoms with Gasteiger partial charge in [0.15, 0.2) is 0 Å². The van der Waals surface area contributed by atoms with Crippen LogP contribution >= 0.6 is 11.8 Å². The van der Waals surface area contributed by atoms with Crippen LogP contribution in [-0.2, 0) is 0 Å². The van der Waals surface area contributed by atoms with E-state index in [1.165, 1.54) is 5.57 Å². The highest BCUT2D eigenvalue weighted by Gasteiger charge is 1.94. The highest BCUT2D eigenvalue weighted by atomic mass is 32.2. The van der Waals surface area contributed by atoms with Gasteiger partial charge >= 0.3 is 0 Å². The Balaban J connectivity index is 3.92. The lowest BCUT2D eigenvalue weighted by atomic mass is 10.1. The van der Waals surface area contributed by atoms with Gasteiger partial charge in [-0.25, -0.2) is 0 Å². The second-order valence-corrected chi connectivity index (χ2v) is 3.80. The Labute approximate surface area is 74.1 Å². The molecule has 0 aliphatic carbocycles. The summed E-state index contributed by atoms with van der Waals surface area (Å²) in [4.78, 5) is 1.00. The van der Waals surface area contributed by atoms with Crippen molar-refractivity contribution in [3.8, 4) is 0 Å². The molecule has 0 aliphatic heterocycles. The van der Waals surface area contributed by atoms with Gasteiger partial charge in [0.05, 0.1) is 0 Å². The third-order valence-electron chi connectivity index (χ3n) is 1.53. The lowest BCUT2D eigenvalue weighted by molar-refractivity contribution is 0.772. The van der Waals surface area contributed by atoms with Crippen LogP contribution in [0.1, 0.15) is 20.8 Å². The molecule has 0 saturated heterocycles. The largest absolute Gasteiger partial charge is 0.0988 e. The van der Waals surface area contributed by atoms with Crippen molar-refractivity contribution in [1.29, 1.82) is 0 Å². The summed E-state index contributed by atoms with van der Waals surface area (Å²) in [6.45, 7) is 13.9. The Morgan fingerprint density at radius 3 is 2.36 bits per heavy atom. The first-order valence-electron chi connectivity index (χ1n) is 3.72. The molecule has 0 nitrogen and oxygen atoms in total. The first-order valence-corrected chi connectivity index (χ1v) is 4.60. The van der Waals surface area contributed by atoms with Crippen molar-refractivity contribution < 1.29 is 0 Å². The Morgan fingerprint density at radius 2 is 2.00 bits per heavy atom. The topological polar surface area (TPSA) is 0 Å². The summed E-state index contributed by atoms with van der Waals surface area (Å²) in [7, 11) is 0. The summed E-state index contributed by atoms with van der Waals surface area (Å²) in [5.74, 6) is 0.625. The van der Waals surface area contributed by atoms with E-state index in [9.17, 15) is 0 Å². The van der Waals surface area contributed by atoms with E-state index in [1.807, 2.05) is 0 Å². The maximum atomic E-state index is 3.80. The first-order chi connectivity index (χ1) is 5.07. The van der Waals surface area contributed by atoms with Crippen LogP contribution in [0.3, 0.4) is 0 Å². The zero-order chi connectivity index (χ0) is 8.85. The molecular weight excluding hydrogens is 152 g/mol. The predicted octanol–water partition coefficient (Wildman–Crippen LogP) is 3.98. The van der Waals surface area contributed by atoms with Gasteiger partial charge in [-0.1, -0.05) is 50.4 Å². The van der Waals surface area contributed by atoms with Crippen LogP contribution in [0.2, 0.25) is 0 Å². The first kappa shape index (κ1) is 10.6. The summed E-state index contributed by atoms with van der Waals surface area (Å²) in [5, 5.41) is 2.13. The Morgan fingerprint density at radius 1 is 1.45 bits per heavy atom. The van der Waals surface area contributed by atoms with Crippen LogP contribution in [0.4, 0.5) is 0 Å². The fourth-order valence-electron chi connectivity index (χ4n) is 0.353. The van der Waals surface area contributed by atoms with Crippen LogP contribution in [0.5, 0.6) is 0 Å². The minimum absolute atomic E-state index is 0.625. The standard InChI is InChI=1S/C10H16S/c1-6-10(5)11-7-9(4)8(2)3/h6-8H,1,5H2,2-4H3/b9-7+. The molecule has 0 aromatic carbocycles. The van der Waals surface area contributed by atoms with Gasteiger partial charge in [0.25, 0.3) is 0 Å². The van der Waals surface area contributed by atoms with E-state index in [-0.39, 0.29) is 0 Å². The van der Waals surface area contributed by atoms with Crippen molar-refractivity contribution in [3.05, 3.63) is 35.1 Å². The number of rotatable bonds is 4. The zero-order valence-corrected chi connectivity index (χ0v) is 8.37. The molecule has 0 amide bonds. The SMILES string of the molecule is C=CC(=C)S/C=C(\C)C(C)C. The lowest BCUT2D eigenvalue weighted by Crippen LogP contribution is -1.86. The van der Waals surface area contributed by atoms with Gasteiger partial charge in [-0.05, 0) is 18.2 Å². The lowest BCUT2D eigenvalue weighted by Gasteiger charge is -2.03. The molecule has 0 saturated carbocycles. The average Bonchev–Trinajstić information content (AvgIpc) is 1.99. The normalized spacial score (nSPS) is 11.8. The molecule has 0 atom stereocenters. The summed E-state index contributed by atoms with van der Waals surface area (Å²) < 4.78 is 0. The number of thioether (sulfide) groups is 1. The van der Waals surface area contributed by atoms with E-state index < -0.39 is 0 Å². The highest BCUT2D eigenvalue weighted by Crippen LogP contribution is 2.20. The molecule has 1 heteroatoms. The van der Waals surface area contributed by atoms with Crippen molar-refractivity contribution in [2.24, 2.45) is 5.92 Å². The fraction of sp³-hybridized carbons (Fsp3) is 0.400. The van der Waals surface area contributed by atoms with Gasteiger partial charge in [-0.2, -0.15) is 0 Å². The van der Waals surface area contributed by atoms with E-state index in [2.05, 4.69) is 39.3 Å². The van der Waals surface area contributed by atoms with E-state index in [0.717, 1.165) is 4.91 Å². The van der Waals surface area contributed by atoms with E-state index >= 15 is 0 Å². The summed E-state index contributed by atoms with van der Waals surface area (Å²) in [5.41, 5.74) is 1.39. The molecule has 0 heterocycles. The molecule has 0 radical (unpaired) electrons. The van der Waals surface area contributed by atoms with Crippen molar-refractivity contribution in [2.75, 3.05) is 0 Å². The highest BCUT2D eigenvalue weighted by molar-refractivity contribution is 8.06. The van der Waals surface area contributed by atoms with Gasteiger partial charge < -0.3 is 0 Å². The molecule has 0 unspecified atom stereocenters. The second kappa shape index (κ2) is 5.25. The van der Waals surface area contributed by atoms with Crippen molar-refractivity contribution in [3.63, 3.8) is 0 Å². The van der Waals surface area contributed by atoms with Crippen molar-refractivity contribution in [2.45, 2.75) is 20.8 Å². The number of hydrogen-bond acceptors (Lipinski definition) is 1. The summed E-state index contributed by atoms with van der Waals surface area (Å²) in [6.07, 6.45) is 1.77. The predicted molar refractivity (Wildman–Crippen MR) is 55.5 cm³/mol. The van der Waals surface area contributed by atoms with Crippen LogP contribution in [-0.4, -0.2) is 0 Å². The fourth-order valence-corrected chi connectivity index (χ4v) is 1.06. The smallest absolute Gasteiger partial charge is 0.00380 e.